The van der Waals surface area contributed by atoms with Gasteiger partial charge in [-0.1, -0.05) is 38.1 Å². The number of rotatable bonds is 6. The van der Waals surface area contributed by atoms with Crippen molar-refractivity contribution in [3.8, 4) is 5.75 Å². The van der Waals surface area contributed by atoms with E-state index in [1.165, 1.54) is 12.1 Å². The average Bonchev–Trinajstić information content (AvgIpc) is 3.18. The number of para-hydroxylation sites is 1. The van der Waals surface area contributed by atoms with Crippen molar-refractivity contribution in [1.82, 2.24) is 0 Å². The van der Waals surface area contributed by atoms with Crippen LogP contribution < -0.4 is 15.0 Å². The third kappa shape index (κ3) is 4.56. The molecule has 0 aliphatic carbocycles. The zero-order chi connectivity index (χ0) is 24.6. The Morgan fingerprint density at radius 1 is 1.24 bits per heavy atom. The summed E-state index contributed by atoms with van der Waals surface area (Å²) in [6.45, 7) is 4.19. The van der Waals surface area contributed by atoms with E-state index >= 15 is 0 Å². The molecule has 0 aromatic heterocycles. The second-order valence-electron chi connectivity index (χ2n) is 9.12. The van der Waals surface area contributed by atoms with E-state index in [9.17, 15) is 27.9 Å². The molecule has 34 heavy (non-hydrogen) atoms. The smallest absolute Gasteiger partial charge is 0.471 e. The van der Waals surface area contributed by atoms with Crippen LogP contribution in [-0.2, 0) is 22.6 Å². The lowest BCUT2D eigenvalue weighted by Gasteiger charge is -2.28. The van der Waals surface area contributed by atoms with Gasteiger partial charge in [-0.3, -0.25) is 14.5 Å². The maximum absolute atomic E-state index is 13.5. The Morgan fingerprint density at radius 3 is 2.68 bits per heavy atom. The minimum atomic E-state index is -5.06. The number of anilines is 2. The van der Waals surface area contributed by atoms with Crippen LogP contribution in [0.5, 0.6) is 5.75 Å². The predicted octanol–water partition coefficient (Wildman–Crippen LogP) is 4.97. The first-order valence-electron chi connectivity index (χ1n) is 11.3. The fraction of sp³-hybridized carbons (Fsp3) is 0.440. The number of carbonyl (C=O) groups is 2. The number of amides is 1. The molecule has 2 aliphatic heterocycles. The van der Waals surface area contributed by atoms with Gasteiger partial charge in [-0.25, -0.2) is 0 Å². The molecule has 9 heteroatoms. The predicted molar refractivity (Wildman–Crippen MR) is 121 cm³/mol. The lowest BCUT2D eigenvalue weighted by molar-refractivity contribution is -0.170. The van der Waals surface area contributed by atoms with Gasteiger partial charge in [0, 0.05) is 35.5 Å². The Labute approximate surface area is 195 Å². The molecule has 2 aromatic rings. The number of hydrogen-bond acceptors (Lipinski definition) is 4. The van der Waals surface area contributed by atoms with Gasteiger partial charge in [0.15, 0.2) is 0 Å². The number of aryl methyl sites for hydroxylation is 1. The first-order valence-corrected chi connectivity index (χ1v) is 11.3. The largest absolute Gasteiger partial charge is 0.493 e. The van der Waals surface area contributed by atoms with Gasteiger partial charge < -0.3 is 15.2 Å². The number of hydrogen-bond donors (Lipinski definition) is 2. The number of carboxylic acids is 1. The lowest BCUT2D eigenvalue weighted by Crippen LogP contribution is -2.41. The molecule has 1 amide bonds. The summed E-state index contributed by atoms with van der Waals surface area (Å²) in [5.41, 5.74) is 3.05. The number of carboxylic acid groups (broad SMARTS) is 1. The minimum Gasteiger partial charge on any atom is -0.493 e. The van der Waals surface area contributed by atoms with Crippen molar-refractivity contribution in [3.05, 3.63) is 53.1 Å². The summed E-state index contributed by atoms with van der Waals surface area (Å²) in [4.78, 5) is 25.0. The summed E-state index contributed by atoms with van der Waals surface area (Å²) >= 11 is 0. The number of nitrogens with one attached hydrogen (secondary N) is 1. The molecule has 2 aliphatic rings. The number of halogens is 3. The quantitative estimate of drug-likeness (QED) is 0.615. The highest BCUT2D eigenvalue weighted by Gasteiger charge is 2.44. The summed E-state index contributed by atoms with van der Waals surface area (Å²) in [5, 5.41) is 12.9. The molecule has 182 valence electrons. The number of fused-ring (bicyclic) bond motifs is 2. The standard InChI is InChI=1S/C25H27F3N2O4/c1-14(2)21(23(31)32)19-13-34-20-11-17(8-9-18(19)20)30(24(33)25(26,27)28)12-16-6-3-5-15-7-4-10-29-22(15)16/h3,5-6,8-9,11,14,19,21,29H,4,7,10,12-13H2,1-2H3,(H,31,32). The van der Waals surface area contributed by atoms with Gasteiger partial charge in [-0.05, 0) is 36.0 Å². The fourth-order valence-corrected chi connectivity index (χ4v) is 4.93. The summed E-state index contributed by atoms with van der Waals surface area (Å²) in [6.07, 6.45) is -3.31. The van der Waals surface area contributed by atoms with E-state index in [4.69, 9.17) is 4.74 Å². The monoisotopic (exact) mass is 476 g/mol. The molecule has 2 aromatic carbocycles. The lowest BCUT2D eigenvalue weighted by atomic mass is 9.80. The van der Waals surface area contributed by atoms with Gasteiger partial charge in [0.2, 0.25) is 0 Å². The summed E-state index contributed by atoms with van der Waals surface area (Å²) in [7, 11) is 0. The Hall–Kier alpha value is -3.23. The molecule has 0 bridgehead atoms. The van der Waals surface area contributed by atoms with Gasteiger partial charge in [0.25, 0.3) is 0 Å². The number of alkyl halides is 3. The highest BCUT2D eigenvalue weighted by atomic mass is 19.4. The van der Waals surface area contributed by atoms with Crippen molar-refractivity contribution in [2.24, 2.45) is 11.8 Å². The van der Waals surface area contributed by atoms with Gasteiger partial charge in [-0.15, -0.1) is 0 Å². The number of nitrogens with zero attached hydrogens (tertiary/aromatic N) is 1. The van der Waals surface area contributed by atoms with Gasteiger partial charge in [-0.2, -0.15) is 13.2 Å². The number of carbonyl (C=O) groups excluding carboxylic acids is 1. The Morgan fingerprint density at radius 2 is 2.00 bits per heavy atom. The SMILES string of the molecule is CC(C)C(C(=O)O)C1COc2cc(N(Cc3cccc4c3NCCC4)C(=O)C(F)(F)F)ccc21. The van der Waals surface area contributed by atoms with Crippen molar-refractivity contribution < 1.29 is 32.6 Å². The molecule has 0 saturated carbocycles. The molecule has 0 radical (unpaired) electrons. The van der Waals surface area contributed by atoms with Crippen LogP contribution in [0, 0.1) is 11.8 Å². The van der Waals surface area contributed by atoms with E-state index in [2.05, 4.69) is 5.32 Å². The molecular formula is C25H27F3N2O4. The summed E-state index contributed by atoms with van der Waals surface area (Å²) in [5.74, 6) is -3.88. The second kappa shape index (κ2) is 9.19. The van der Waals surface area contributed by atoms with E-state index in [1.807, 2.05) is 19.9 Å². The van der Waals surface area contributed by atoms with Gasteiger partial charge >= 0.3 is 18.1 Å². The van der Waals surface area contributed by atoms with E-state index in [1.54, 1.807) is 18.2 Å². The van der Waals surface area contributed by atoms with Gasteiger partial charge in [0.05, 0.1) is 19.1 Å². The topological polar surface area (TPSA) is 78.9 Å². The minimum absolute atomic E-state index is 0.0477. The zero-order valence-corrected chi connectivity index (χ0v) is 19.0. The number of aliphatic carboxylic acids is 1. The maximum Gasteiger partial charge on any atom is 0.471 e. The van der Waals surface area contributed by atoms with Crippen molar-refractivity contribution >= 4 is 23.3 Å². The molecule has 2 heterocycles. The molecule has 0 saturated heterocycles. The van der Waals surface area contributed by atoms with Crippen molar-refractivity contribution in [2.75, 3.05) is 23.4 Å². The number of benzene rings is 2. The van der Waals surface area contributed by atoms with Crippen LogP contribution in [-0.4, -0.2) is 36.3 Å². The van der Waals surface area contributed by atoms with Crippen molar-refractivity contribution in [2.45, 2.75) is 45.3 Å². The average molecular weight is 476 g/mol. The summed E-state index contributed by atoms with van der Waals surface area (Å²) < 4.78 is 46.3. The zero-order valence-electron chi connectivity index (χ0n) is 19.0. The van der Waals surface area contributed by atoms with Crippen molar-refractivity contribution in [1.29, 1.82) is 0 Å². The normalized spacial score (nSPS) is 17.9. The number of ether oxygens (including phenoxy) is 1. The van der Waals surface area contributed by atoms with Crippen LogP contribution >= 0.6 is 0 Å². The van der Waals surface area contributed by atoms with E-state index < -0.39 is 29.9 Å². The Balaban J connectivity index is 1.70. The molecule has 0 spiro atoms. The first-order chi connectivity index (χ1) is 16.1. The van der Waals surface area contributed by atoms with Crippen molar-refractivity contribution in [3.63, 3.8) is 0 Å². The van der Waals surface area contributed by atoms with Crippen LogP contribution in [0.25, 0.3) is 0 Å². The Kier molecular flexibility index (Phi) is 6.47. The van der Waals surface area contributed by atoms with Crippen LogP contribution in [0.3, 0.4) is 0 Å². The fourth-order valence-electron chi connectivity index (χ4n) is 4.93. The third-order valence-corrected chi connectivity index (χ3v) is 6.54. The third-order valence-electron chi connectivity index (χ3n) is 6.54. The van der Waals surface area contributed by atoms with E-state index in [-0.39, 0.29) is 24.8 Å². The first kappa shape index (κ1) is 23.9. The van der Waals surface area contributed by atoms with Crippen LogP contribution in [0.2, 0.25) is 0 Å². The molecule has 4 rings (SSSR count). The molecule has 0 fully saturated rings. The second-order valence-corrected chi connectivity index (χ2v) is 9.12. The van der Waals surface area contributed by atoms with E-state index in [0.29, 0.717) is 28.3 Å². The van der Waals surface area contributed by atoms with Crippen LogP contribution in [0.4, 0.5) is 24.5 Å². The highest BCUT2D eigenvalue weighted by Crippen LogP contribution is 2.43. The van der Waals surface area contributed by atoms with Crippen LogP contribution in [0.1, 0.15) is 42.9 Å². The van der Waals surface area contributed by atoms with E-state index in [0.717, 1.165) is 24.1 Å². The molecule has 2 atom stereocenters. The van der Waals surface area contributed by atoms with Gasteiger partial charge in [0.1, 0.15) is 5.75 Å². The van der Waals surface area contributed by atoms with Crippen LogP contribution in [0.15, 0.2) is 36.4 Å². The molecule has 6 nitrogen and oxygen atoms in total. The summed E-state index contributed by atoms with van der Waals surface area (Å²) in [6, 6.07) is 9.85. The highest BCUT2D eigenvalue weighted by molar-refractivity contribution is 5.97. The molecule has 2 N–H and O–H groups in total. The Bertz CT molecular complexity index is 1100. The molecule has 2 unspecified atom stereocenters. The molecular weight excluding hydrogens is 449 g/mol. The maximum atomic E-state index is 13.5.